The topological polar surface area (TPSA) is 60.0 Å². The van der Waals surface area contributed by atoms with Gasteiger partial charge in [-0.05, 0) is 44.6 Å². The highest BCUT2D eigenvalue weighted by Gasteiger charge is 2.42. The molecule has 3 N–H and O–H groups in total. The lowest BCUT2D eigenvalue weighted by molar-refractivity contribution is 0.0888. The molecule has 19 heavy (non-hydrogen) atoms. The van der Waals surface area contributed by atoms with Gasteiger partial charge in [0.1, 0.15) is 5.69 Å². The Morgan fingerprint density at radius 2 is 2.21 bits per heavy atom. The van der Waals surface area contributed by atoms with Gasteiger partial charge in [0.15, 0.2) is 0 Å². The summed E-state index contributed by atoms with van der Waals surface area (Å²) in [6.45, 7) is 2.51. The van der Waals surface area contributed by atoms with Crippen molar-refractivity contribution in [1.29, 1.82) is 0 Å². The van der Waals surface area contributed by atoms with Crippen molar-refractivity contribution >= 4 is 17.5 Å². The van der Waals surface area contributed by atoms with Crippen LogP contribution in [0.5, 0.6) is 0 Å². The van der Waals surface area contributed by atoms with Crippen molar-refractivity contribution in [2.24, 2.45) is 11.7 Å². The van der Waals surface area contributed by atoms with Crippen LogP contribution < -0.4 is 11.1 Å². The van der Waals surface area contributed by atoms with Gasteiger partial charge in [-0.15, -0.1) is 0 Å². The normalized spacial score (nSPS) is 22.1. The maximum absolute atomic E-state index is 12.5. The third kappa shape index (κ3) is 2.51. The fourth-order valence-corrected chi connectivity index (χ4v) is 2.85. The Labute approximate surface area is 118 Å². The number of carbonyl (C=O) groups excluding carboxylic acids is 1. The highest BCUT2D eigenvalue weighted by molar-refractivity contribution is 6.31. The predicted octanol–water partition coefficient (Wildman–Crippen LogP) is 2.33. The van der Waals surface area contributed by atoms with Crippen LogP contribution in [0.4, 0.5) is 0 Å². The van der Waals surface area contributed by atoms with E-state index < -0.39 is 0 Å². The molecular formula is C14H20ClN3O. The first kappa shape index (κ1) is 13.0. The van der Waals surface area contributed by atoms with E-state index in [0.29, 0.717) is 29.2 Å². The molecule has 1 atom stereocenters. The summed E-state index contributed by atoms with van der Waals surface area (Å²) in [5.74, 6) is 0.458. The molecule has 1 aromatic rings. The second-order valence-electron chi connectivity index (χ2n) is 6.03. The Morgan fingerprint density at radius 1 is 1.53 bits per heavy atom. The monoisotopic (exact) mass is 281 g/mol. The Hall–Kier alpha value is -1.00. The summed E-state index contributed by atoms with van der Waals surface area (Å²) in [6, 6.07) is 2.19. The van der Waals surface area contributed by atoms with Crippen molar-refractivity contribution < 1.29 is 4.79 Å². The number of amides is 1. The van der Waals surface area contributed by atoms with Gasteiger partial charge in [-0.3, -0.25) is 4.79 Å². The first-order valence-corrected chi connectivity index (χ1v) is 7.31. The molecule has 0 aromatic carbocycles. The standard InChI is InChI=1S/C14H20ClN3O/c1-14(8-16,9-2-3-9)17-13(19)12-6-10(15)7-18(12)11-4-5-11/h6-7,9,11H,2-5,8,16H2,1H3,(H,17,19). The van der Waals surface area contributed by atoms with Crippen LogP contribution in [0.2, 0.25) is 5.02 Å². The summed E-state index contributed by atoms with van der Waals surface area (Å²) in [5.41, 5.74) is 6.21. The Kier molecular flexibility index (Phi) is 3.10. The van der Waals surface area contributed by atoms with Gasteiger partial charge in [-0.2, -0.15) is 0 Å². The van der Waals surface area contributed by atoms with E-state index in [1.807, 2.05) is 17.7 Å². The number of halogens is 1. The van der Waals surface area contributed by atoms with Crippen LogP contribution in [0.15, 0.2) is 12.3 Å². The maximum Gasteiger partial charge on any atom is 0.268 e. The van der Waals surface area contributed by atoms with Crippen LogP contribution in [0.25, 0.3) is 0 Å². The molecule has 3 rings (SSSR count). The van der Waals surface area contributed by atoms with Gasteiger partial charge in [0.2, 0.25) is 0 Å². The second-order valence-corrected chi connectivity index (χ2v) is 6.47. The molecule has 2 aliphatic rings. The minimum absolute atomic E-state index is 0.0568. The van der Waals surface area contributed by atoms with Crippen molar-refractivity contribution in [3.8, 4) is 0 Å². The van der Waals surface area contributed by atoms with Crippen molar-refractivity contribution in [1.82, 2.24) is 9.88 Å². The van der Waals surface area contributed by atoms with Gasteiger partial charge in [-0.25, -0.2) is 0 Å². The number of hydrogen-bond donors (Lipinski definition) is 2. The van der Waals surface area contributed by atoms with Crippen LogP contribution >= 0.6 is 11.6 Å². The first-order chi connectivity index (χ1) is 9.03. The smallest absolute Gasteiger partial charge is 0.268 e. The van der Waals surface area contributed by atoms with Crippen molar-refractivity contribution in [2.75, 3.05) is 6.54 Å². The zero-order valence-corrected chi connectivity index (χ0v) is 11.9. The molecule has 1 amide bonds. The summed E-state index contributed by atoms with van der Waals surface area (Å²) in [7, 11) is 0. The Morgan fingerprint density at radius 3 is 2.74 bits per heavy atom. The molecule has 104 valence electrons. The number of carbonyl (C=O) groups is 1. The zero-order chi connectivity index (χ0) is 13.6. The van der Waals surface area contributed by atoms with Gasteiger partial charge in [0.25, 0.3) is 5.91 Å². The van der Waals surface area contributed by atoms with E-state index in [4.69, 9.17) is 17.3 Å². The van der Waals surface area contributed by atoms with Gasteiger partial charge < -0.3 is 15.6 Å². The molecule has 0 bridgehead atoms. The molecule has 2 fully saturated rings. The van der Waals surface area contributed by atoms with E-state index in [0.717, 1.165) is 25.7 Å². The lowest BCUT2D eigenvalue weighted by Gasteiger charge is -2.29. The maximum atomic E-state index is 12.5. The first-order valence-electron chi connectivity index (χ1n) is 6.93. The van der Waals surface area contributed by atoms with E-state index >= 15 is 0 Å². The minimum Gasteiger partial charge on any atom is -0.344 e. The van der Waals surface area contributed by atoms with Gasteiger partial charge in [-0.1, -0.05) is 11.6 Å². The largest absolute Gasteiger partial charge is 0.344 e. The van der Waals surface area contributed by atoms with E-state index in [1.165, 1.54) is 0 Å². The fourth-order valence-electron chi connectivity index (χ4n) is 2.65. The van der Waals surface area contributed by atoms with Gasteiger partial charge in [0, 0.05) is 18.8 Å². The van der Waals surface area contributed by atoms with Crippen LogP contribution in [0.3, 0.4) is 0 Å². The van der Waals surface area contributed by atoms with E-state index in [-0.39, 0.29) is 11.4 Å². The lowest BCUT2D eigenvalue weighted by Crippen LogP contribution is -2.53. The fraction of sp³-hybridized carbons (Fsp3) is 0.643. The molecular weight excluding hydrogens is 262 g/mol. The summed E-state index contributed by atoms with van der Waals surface area (Å²) >= 11 is 6.04. The predicted molar refractivity (Wildman–Crippen MR) is 75.4 cm³/mol. The highest BCUT2D eigenvalue weighted by Crippen LogP contribution is 2.40. The molecule has 0 saturated heterocycles. The van der Waals surface area contributed by atoms with Crippen molar-refractivity contribution in [3.05, 3.63) is 23.0 Å². The third-order valence-electron chi connectivity index (χ3n) is 4.29. The molecule has 4 nitrogen and oxygen atoms in total. The van der Waals surface area contributed by atoms with E-state index in [2.05, 4.69) is 5.32 Å². The number of nitrogens with two attached hydrogens (primary N) is 1. The number of nitrogens with one attached hydrogen (secondary N) is 1. The molecule has 1 heterocycles. The molecule has 1 aromatic heterocycles. The number of aromatic nitrogens is 1. The van der Waals surface area contributed by atoms with E-state index in [9.17, 15) is 4.79 Å². The number of hydrogen-bond acceptors (Lipinski definition) is 2. The molecule has 0 radical (unpaired) electrons. The third-order valence-corrected chi connectivity index (χ3v) is 4.50. The summed E-state index contributed by atoms with van der Waals surface area (Å²) in [6.07, 6.45) is 6.41. The molecule has 0 aliphatic heterocycles. The minimum atomic E-state index is -0.289. The zero-order valence-electron chi connectivity index (χ0n) is 11.2. The summed E-state index contributed by atoms with van der Waals surface area (Å²) in [4.78, 5) is 12.5. The van der Waals surface area contributed by atoms with Crippen molar-refractivity contribution in [2.45, 2.75) is 44.2 Å². The summed E-state index contributed by atoms with van der Waals surface area (Å²) < 4.78 is 2.00. The van der Waals surface area contributed by atoms with Crippen LogP contribution in [-0.4, -0.2) is 22.6 Å². The Balaban J connectivity index is 1.79. The van der Waals surface area contributed by atoms with Gasteiger partial charge >= 0.3 is 0 Å². The molecule has 2 aliphatic carbocycles. The second kappa shape index (κ2) is 4.53. The van der Waals surface area contributed by atoms with Crippen LogP contribution in [0, 0.1) is 5.92 Å². The van der Waals surface area contributed by atoms with Crippen LogP contribution in [0.1, 0.15) is 49.1 Å². The van der Waals surface area contributed by atoms with Crippen molar-refractivity contribution in [3.63, 3.8) is 0 Å². The molecule has 0 spiro atoms. The summed E-state index contributed by atoms with van der Waals surface area (Å²) in [5, 5.41) is 3.74. The van der Waals surface area contributed by atoms with Gasteiger partial charge in [0.05, 0.1) is 10.6 Å². The van der Waals surface area contributed by atoms with E-state index in [1.54, 1.807) is 6.07 Å². The highest BCUT2D eigenvalue weighted by atomic mass is 35.5. The molecule has 5 heteroatoms. The SMILES string of the molecule is CC(CN)(NC(=O)c1cc(Cl)cn1C1CC1)C1CC1. The average molecular weight is 282 g/mol. The molecule has 2 saturated carbocycles. The number of rotatable bonds is 5. The van der Waals surface area contributed by atoms with Crippen LogP contribution in [-0.2, 0) is 0 Å². The molecule has 1 unspecified atom stereocenters. The Bertz CT molecular complexity index is 505. The number of nitrogens with zero attached hydrogens (tertiary/aromatic N) is 1. The lowest BCUT2D eigenvalue weighted by atomic mass is 9.96. The average Bonchev–Trinajstić information content (AvgIpc) is 3.26. The quantitative estimate of drug-likeness (QED) is 0.870.